The van der Waals surface area contributed by atoms with Crippen molar-refractivity contribution in [2.24, 2.45) is 0 Å². The molecule has 1 atom stereocenters. The molecule has 0 bridgehead atoms. The number of fused-ring (bicyclic) bond motifs is 2. The number of hydrogen-bond donors (Lipinski definition) is 2. The molecule has 1 aliphatic rings. The lowest BCUT2D eigenvalue weighted by atomic mass is 10.0. The number of pyridine rings is 1. The van der Waals surface area contributed by atoms with E-state index in [2.05, 4.69) is 35.5 Å². The Balaban J connectivity index is 1.81. The summed E-state index contributed by atoms with van der Waals surface area (Å²) in [5.41, 5.74) is 5.41. The van der Waals surface area contributed by atoms with Gasteiger partial charge in [0.05, 0.1) is 11.1 Å². The average molecular weight is 338 g/mol. The minimum Gasteiger partial charge on any atom is -0.361 e. The van der Waals surface area contributed by atoms with Gasteiger partial charge in [0, 0.05) is 16.6 Å². The van der Waals surface area contributed by atoms with Crippen molar-refractivity contribution in [1.82, 2.24) is 10.3 Å². The molecule has 0 spiro atoms. The third-order valence-corrected chi connectivity index (χ3v) is 4.77. The van der Waals surface area contributed by atoms with Gasteiger partial charge in [0.15, 0.2) is 0 Å². The number of halogens is 1. The van der Waals surface area contributed by atoms with Crippen molar-refractivity contribution in [2.45, 2.75) is 20.0 Å². The number of nitrogens with one attached hydrogen (secondary N) is 2. The molecule has 24 heavy (non-hydrogen) atoms. The molecule has 120 valence electrons. The first-order valence-electron chi connectivity index (χ1n) is 7.77. The van der Waals surface area contributed by atoms with E-state index < -0.39 is 6.17 Å². The second-order valence-corrected chi connectivity index (χ2v) is 6.45. The summed E-state index contributed by atoms with van der Waals surface area (Å²) in [6.07, 6.45) is -0.404. The molecule has 3 aromatic rings. The molecule has 0 saturated carbocycles. The van der Waals surface area contributed by atoms with Crippen LogP contribution in [-0.2, 0) is 0 Å². The van der Waals surface area contributed by atoms with Gasteiger partial charge < -0.3 is 10.6 Å². The van der Waals surface area contributed by atoms with Gasteiger partial charge in [-0.1, -0.05) is 23.7 Å². The van der Waals surface area contributed by atoms with Gasteiger partial charge in [-0.15, -0.1) is 0 Å². The Hall–Kier alpha value is -2.59. The number of para-hydroxylation sites is 1. The van der Waals surface area contributed by atoms with Gasteiger partial charge in [0.1, 0.15) is 11.3 Å². The van der Waals surface area contributed by atoms with Crippen LogP contribution >= 0.6 is 11.6 Å². The number of aromatic nitrogens is 1. The fraction of sp³-hybridized carbons (Fsp3) is 0.158. The van der Waals surface area contributed by atoms with E-state index in [-0.39, 0.29) is 5.91 Å². The molecule has 4 nitrogen and oxygen atoms in total. The molecular formula is C19H16ClN3O. The molecule has 2 aromatic carbocycles. The van der Waals surface area contributed by atoms with Gasteiger partial charge in [-0.05, 0) is 55.3 Å². The van der Waals surface area contributed by atoms with E-state index in [1.807, 2.05) is 30.3 Å². The molecule has 1 aliphatic heterocycles. The number of amides is 1. The number of carbonyl (C=O) groups excluding carboxylic acids is 1. The fourth-order valence-corrected chi connectivity index (χ4v) is 3.25. The van der Waals surface area contributed by atoms with E-state index in [4.69, 9.17) is 11.6 Å². The molecule has 1 aromatic heterocycles. The van der Waals surface area contributed by atoms with Crippen LogP contribution in [0.25, 0.3) is 10.9 Å². The molecule has 4 rings (SSSR count). The normalized spacial score (nSPS) is 16.5. The van der Waals surface area contributed by atoms with Crippen molar-refractivity contribution in [3.63, 3.8) is 0 Å². The number of benzene rings is 2. The Morgan fingerprint density at radius 2 is 1.79 bits per heavy atom. The van der Waals surface area contributed by atoms with E-state index in [9.17, 15) is 4.79 Å². The lowest BCUT2D eigenvalue weighted by molar-refractivity contribution is 0.0935. The summed E-state index contributed by atoms with van der Waals surface area (Å²) in [6.45, 7) is 4.12. The van der Waals surface area contributed by atoms with Crippen LogP contribution in [0.4, 0.5) is 5.69 Å². The third-order valence-electron chi connectivity index (χ3n) is 4.47. The van der Waals surface area contributed by atoms with Crippen molar-refractivity contribution in [3.8, 4) is 0 Å². The maximum atomic E-state index is 12.3. The molecule has 5 heteroatoms. The maximum absolute atomic E-state index is 12.3. The minimum absolute atomic E-state index is 0.120. The van der Waals surface area contributed by atoms with Crippen LogP contribution in [0.5, 0.6) is 0 Å². The van der Waals surface area contributed by atoms with Crippen LogP contribution in [0.15, 0.2) is 42.5 Å². The molecule has 2 heterocycles. The molecular weight excluding hydrogens is 322 g/mol. The van der Waals surface area contributed by atoms with Gasteiger partial charge in [0.2, 0.25) is 0 Å². The van der Waals surface area contributed by atoms with Crippen molar-refractivity contribution < 1.29 is 4.79 Å². The highest BCUT2D eigenvalue weighted by molar-refractivity contribution is 6.30. The predicted molar refractivity (Wildman–Crippen MR) is 96.5 cm³/mol. The highest BCUT2D eigenvalue weighted by Crippen LogP contribution is 2.31. The SMILES string of the molecule is Cc1cc2cc([C@@H]3NC(=O)c4ccccc4N3)c(Cl)nc2cc1C. The zero-order chi connectivity index (χ0) is 16.8. The quantitative estimate of drug-likeness (QED) is 0.649. The lowest BCUT2D eigenvalue weighted by Crippen LogP contribution is -2.38. The summed E-state index contributed by atoms with van der Waals surface area (Å²) in [4.78, 5) is 16.8. The van der Waals surface area contributed by atoms with E-state index in [0.29, 0.717) is 10.7 Å². The van der Waals surface area contributed by atoms with Gasteiger partial charge >= 0.3 is 0 Å². The van der Waals surface area contributed by atoms with Crippen LogP contribution in [0, 0.1) is 13.8 Å². The third kappa shape index (κ3) is 2.39. The Labute approximate surface area is 144 Å². The van der Waals surface area contributed by atoms with Gasteiger partial charge in [-0.2, -0.15) is 0 Å². The summed E-state index contributed by atoms with van der Waals surface area (Å²) in [5, 5.41) is 7.66. The molecule has 0 aliphatic carbocycles. The monoisotopic (exact) mass is 337 g/mol. The second-order valence-electron chi connectivity index (χ2n) is 6.09. The lowest BCUT2D eigenvalue weighted by Gasteiger charge is -2.28. The number of anilines is 1. The van der Waals surface area contributed by atoms with E-state index in [1.54, 1.807) is 6.07 Å². The van der Waals surface area contributed by atoms with Gasteiger partial charge in [-0.25, -0.2) is 4.98 Å². The Kier molecular flexibility index (Phi) is 3.43. The van der Waals surface area contributed by atoms with Crippen molar-refractivity contribution in [1.29, 1.82) is 0 Å². The highest BCUT2D eigenvalue weighted by Gasteiger charge is 2.26. The van der Waals surface area contributed by atoms with Crippen molar-refractivity contribution in [2.75, 3.05) is 5.32 Å². The Morgan fingerprint density at radius 1 is 1.04 bits per heavy atom. The van der Waals surface area contributed by atoms with Gasteiger partial charge in [-0.3, -0.25) is 4.79 Å². The summed E-state index contributed by atoms with van der Waals surface area (Å²) in [7, 11) is 0. The highest BCUT2D eigenvalue weighted by atomic mass is 35.5. The zero-order valence-corrected chi connectivity index (χ0v) is 14.1. The first-order chi connectivity index (χ1) is 11.5. The smallest absolute Gasteiger partial charge is 0.255 e. The second kappa shape index (κ2) is 5.49. The first-order valence-corrected chi connectivity index (χ1v) is 8.14. The predicted octanol–water partition coefficient (Wildman–Crippen LogP) is 4.36. The summed E-state index contributed by atoms with van der Waals surface area (Å²) in [5.74, 6) is -0.120. The van der Waals surface area contributed by atoms with Crippen molar-refractivity contribution in [3.05, 3.63) is 69.9 Å². The molecule has 0 radical (unpaired) electrons. The van der Waals surface area contributed by atoms with Crippen LogP contribution in [0.2, 0.25) is 5.15 Å². The topological polar surface area (TPSA) is 54.0 Å². The Bertz CT molecular complexity index is 984. The number of aryl methyl sites for hydroxylation is 2. The molecule has 2 N–H and O–H groups in total. The fourth-order valence-electron chi connectivity index (χ4n) is 3.00. The average Bonchev–Trinajstić information content (AvgIpc) is 2.56. The van der Waals surface area contributed by atoms with E-state index in [1.165, 1.54) is 11.1 Å². The number of hydrogen-bond acceptors (Lipinski definition) is 3. The number of carbonyl (C=O) groups is 1. The number of nitrogens with zero attached hydrogens (tertiary/aromatic N) is 1. The molecule has 0 unspecified atom stereocenters. The summed E-state index contributed by atoms with van der Waals surface area (Å²) >= 11 is 6.40. The van der Waals surface area contributed by atoms with Crippen LogP contribution in [0.3, 0.4) is 0 Å². The standard InChI is InChI=1S/C19H16ClN3O/c1-10-7-12-9-14(17(20)21-16(12)8-11(10)2)18-22-15-6-4-3-5-13(15)19(24)23-18/h3-9,18,22H,1-2H3,(H,23,24)/t18-/m0/s1. The minimum atomic E-state index is -0.404. The van der Waals surface area contributed by atoms with Crippen molar-refractivity contribution >= 4 is 34.1 Å². The molecule has 0 fully saturated rings. The Morgan fingerprint density at radius 3 is 2.62 bits per heavy atom. The van der Waals surface area contributed by atoms with E-state index >= 15 is 0 Å². The van der Waals surface area contributed by atoms with Crippen LogP contribution in [0.1, 0.15) is 33.2 Å². The molecule has 1 amide bonds. The summed E-state index contributed by atoms with van der Waals surface area (Å²) in [6, 6.07) is 13.5. The van der Waals surface area contributed by atoms with Gasteiger partial charge in [0.25, 0.3) is 5.91 Å². The number of rotatable bonds is 1. The van der Waals surface area contributed by atoms with Crippen LogP contribution < -0.4 is 10.6 Å². The maximum Gasteiger partial charge on any atom is 0.255 e. The largest absolute Gasteiger partial charge is 0.361 e. The first kappa shape index (κ1) is 15.0. The molecule has 0 saturated heterocycles. The van der Waals surface area contributed by atoms with E-state index in [0.717, 1.165) is 22.2 Å². The zero-order valence-electron chi connectivity index (χ0n) is 13.4. The summed E-state index contributed by atoms with van der Waals surface area (Å²) < 4.78 is 0. The van der Waals surface area contributed by atoms with Crippen LogP contribution in [-0.4, -0.2) is 10.9 Å².